The van der Waals surface area contributed by atoms with Gasteiger partial charge in [0.2, 0.25) is 0 Å². The Morgan fingerprint density at radius 3 is 2.33 bits per heavy atom. The van der Waals surface area contributed by atoms with Crippen molar-refractivity contribution in [1.82, 2.24) is 0 Å². The van der Waals surface area contributed by atoms with E-state index in [-0.39, 0.29) is 22.7 Å². The van der Waals surface area contributed by atoms with Gasteiger partial charge in [-0.2, -0.15) is 0 Å². The smallest absolute Gasteiger partial charge is 0.192 e. The summed E-state index contributed by atoms with van der Waals surface area (Å²) in [5.74, 6) is 4.68. The maximum Gasteiger partial charge on any atom is 0.192 e. The van der Waals surface area contributed by atoms with Gasteiger partial charge in [-0.05, 0) is 109 Å². The van der Waals surface area contributed by atoms with Crippen LogP contribution in [-0.2, 0) is 4.43 Å². The third-order valence-electron chi connectivity index (χ3n) is 12.5. The van der Waals surface area contributed by atoms with Gasteiger partial charge in [0.25, 0.3) is 0 Å². The van der Waals surface area contributed by atoms with Crippen LogP contribution in [-0.4, -0.2) is 25.6 Å². The van der Waals surface area contributed by atoms with Crippen molar-refractivity contribution in [3.05, 3.63) is 11.6 Å². The molecule has 208 valence electrons. The van der Waals surface area contributed by atoms with Crippen molar-refractivity contribution in [3.8, 4) is 0 Å². The van der Waals surface area contributed by atoms with Crippen molar-refractivity contribution < 1.29 is 9.53 Å². The van der Waals surface area contributed by atoms with E-state index in [0.29, 0.717) is 17.3 Å². The molecule has 0 aromatic heterocycles. The summed E-state index contributed by atoms with van der Waals surface area (Å²) in [5, 5.41) is 10.8. The molecule has 0 aromatic rings. The number of fused-ring (bicyclic) bond motifs is 5. The van der Waals surface area contributed by atoms with Crippen LogP contribution in [0.25, 0.3) is 0 Å². The van der Waals surface area contributed by atoms with Crippen LogP contribution in [0.5, 0.6) is 0 Å². The maximum absolute atomic E-state index is 10.6. The normalized spacial score (nSPS) is 41.9. The molecule has 2 nitrogen and oxygen atoms in total. The van der Waals surface area contributed by atoms with Crippen molar-refractivity contribution in [3.63, 3.8) is 0 Å². The standard InChI is InChI=1S/C33H60O2Si/c1-22(2)12-11-13-23(3)26-14-15-27-30-28(17-19-33(26,27)8)32(7)18-16-25(34)20-24(32)21-29(30)35-36(9,10)31(4,5)6/h21-23,25-30,34H,11-20H2,1-10H3/t23?,25?,26-,27?,28?,29?,30?,32?,33-/m1/s1. The van der Waals surface area contributed by atoms with E-state index in [0.717, 1.165) is 42.9 Å². The van der Waals surface area contributed by atoms with Gasteiger partial charge in [-0.1, -0.05) is 86.3 Å². The van der Waals surface area contributed by atoms with Crippen molar-refractivity contribution in [2.75, 3.05) is 0 Å². The van der Waals surface area contributed by atoms with Gasteiger partial charge in [-0.3, -0.25) is 0 Å². The fourth-order valence-corrected chi connectivity index (χ4v) is 10.5. The van der Waals surface area contributed by atoms with Crippen LogP contribution in [0.1, 0.15) is 120 Å². The van der Waals surface area contributed by atoms with E-state index in [4.69, 9.17) is 4.43 Å². The van der Waals surface area contributed by atoms with Crippen LogP contribution in [0.2, 0.25) is 18.1 Å². The minimum atomic E-state index is -1.91. The largest absolute Gasteiger partial charge is 0.410 e. The van der Waals surface area contributed by atoms with E-state index in [1.165, 1.54) is 50.5 Å². The summed E-state index contributed by atoms with van der Waals surface area (Å²) in [7, 11) is -1.91. The molecule has 3 saturated carbocycles. The molecule has 4 aliphatic carbocycles. The zero-order chi connectivity index (χ0) is 26.7. The molecule has 4 aliphatic rings. The Hall–Kier alpha value is -0.123. The maximum atomic E-state index is 10.6. The molecule has 0 heterocycles. The number of rotatable bonds is 7. The van der Waals surface area contributed by atoms with Crippen LogP contribution < -0.4 is 0 Å². The highest BCUT2D eigenvalue weighted by atomic mass is 28.4. The van der Waals surface area contributed by atoms with Gasteiger partial charge in [-0.25, -0.2) is 0 Å². The molecule has 36 heavy (non-hydrogen) atoms. The van der Waals surface area contributed by atoms with E-state index in [2.05, 4.69) is 74.6 Å². The molecule has 1 N–H and O–H groups in total. The quantitative estimate of drug-likeness (QED) is 0.270. The van der Waals surface area contributed by atoms with Gasteiger partial charge in [-0.15, -0.1) is 0 Å². The lowest BCUT2D eigenvalue weighted by Crippen LogP contribution is -2.57. The molecule has 0 radical (unpaired) electrons. The van der Waals surface area contributed by atoms with Gasteiger partial charge in [0.05, 0.1) is 12.2 Å². The Morgan fingerprint density at radius 2 is 1.69 bits per heavy atom. The Balaban J connectivity index is 1.66. The molecule has 3 heteroatoms. The molecular formula is C33H60O2Si. The van der Waals surface area contributed by atoms with E-state index >= 15 is 0 Å². The van der Waals surface area contributed by atoms with Crippen LogP contribution in [0.15, 0.2) is 11.6 Å². The molecule has 0 amide bonds. The molecule has 7 unspecified atom stereocenters. The number of aliphatic hydroxyl groups is 1. The van der Waals surface area contributed by atoms with E-state index in [1.807, 2.05) is 0 Å². The minimum Gasteiger partial charge on any atom is -0.410 e. The van der Waals surface area contributed by atoms with Gasteiger partial charge in [0.15, 0.2) is 8.32 Å². The molecule has 0 bridgehead atoms. The average Bonchev–Trinajstić information content (AvgIpc) is 3.10. The van der Waals surface area contributed by atoms with Crippen LogP contribution in [0.4, 0.5) is 0 Å². The van der Waals surface area contributed by atoms with Crippen LogP contribution >= 0.6 is 0 Å². The van der Waals surface area contributed by atoms with Gasteiger partial charge in [0.1, 0.15) is 0 Å². The number of hydrogen-bond acceptors (Lipinski definition) is 2. The highest BCUT2D eigenvalue weighted by Crippen LogP contribution is 2.68. The van der Waals surface area contributed by atoms with E-state index in [1.54, 1.807) is 0 Å². The lowest BCUT2D eigenvalue weighted by atomic mass is 9.46. The third kappa shape index (κ3) is 5.08. The lowest BCUT2D eigenvalue weighted by molar-refractivity contribution is -0.0938. The minimum absolute atomic E-state index is 0.161. The summed E-state index contributed by atoms with van der Waals surface area (Å²) in [6, 6.07) is 0. The second-order valence-electron chi connectivity index (χ2n) is 16.2. The molecular weight excluding hydrogens is 456 g/mol. The summed E-state index contributed by atoms with van der Waals surface area (Å²) in [5.41, 5.74) is 2.26. The molecule has 0 spiro atoms. The van der Waals surface area contributed by atoms with Crippen LogP contribution in [0, 0.1) is 46.3 Å². The lowest BCUT2D eigenvalue weighted by Gasteiger charge is -2.61. The molecule has 0 saturated heterocycles. The van der Waals surface area contributed by atoms with Crippen LogP contribution in [0.3, 0.4) is 0 Å². The zero-order valence-electron chi connectivity index (χ0n) is 25.6. The van der Waals surface area contributed by atoms with Gasteiger partial charge >= 0.3 is 0 Å². The van der Waals surface area contributed by atoms with Gasteiger partial charge in [0, 0.05) is 0 Å². The van der Waals surface area contributed by atoms with Crippen molar-refractivity contribution in [1.29, 1.82) is 0 Å². The first-order chi connectivity index (χ1) is 16.6. The third-order valence-corrected chi connectivity index (χ3v) is 17.0. The SMILES string of the molecule is CC(C)CCCC(C)[C@H]1CCC2C3C(O[Si](C)(C)C(C)(C)C)C=C4CC(O)CCC4(C)C3CC[C@@]21C. The zero-order valence-corrected chi connectivity index (χ0v) is 26.6. The Kier molecular flexibility index (Phi) is 8.12. The molecule has 4 rings (SSSR count). The monoisotopic (exact) mass is 516 g/mol. The van der Waals surface area contributed by atoms with E-state index < -0.39 is 8.32 Å². The second-order valence-corrected chi connectivity index (χ2v) is 20.9. The van der Waals surface area contributed by atoms with Crippen molar-refractivity contribution >= 4 is 8.32 Å². The fourth-order valence-electron chi connectivity index (χ4n) is 9.26. The summed E-state index contributed by atoms with van der Waals surface area (Å²) in [4.78, 5) is 0. The number of hydrogen-bond donors (Lipinski definition) is 1. The summed E-state index contributed by atoms with van der Waals surface area (Å²) in [6.45, 7) is 24.6. The predicted molar refractivity (Wildman–Crippen MR) is 157 cm³/mol. The van der Waals surface area contributed by atoms with Crippen molar-refractivity contribution in [2.45, 2.75) is 150 Å². The Morgan fingerprint density at radius 1 is 1.00 bits per heavy atom. The Bertz CT molecular complexity index is 809. The first kappa shape index (κ1) is 28.9. The highest BCUT2D eigenvalue weighted by molar-refractivity contribution is 6.74. The molecule has 0 aromatic carbocycles. The predicted octanol–water partition coefficient (Wildman–Crippen LogP) is 9.39. The second kappa shape index (κ2) is 10.1. The molecule has 3 fully saturated rings. The fraction of sp³-hybridized carbons (Fsp3) is 0.939. The first-order valence-corrected chi connectivity index (χ1v) is 18.6. The van der Waals surface area contributed by atoms with E-state index in [9.17, 15) is 5.11 Å². The van der Waals surface area contributed by atoms with Crippen molar-refractivity contribution in [2.24, 2.45) is 46.3 Å². The molecule has 9 atom stereocenters. The molecule has 0 aliphatic heterocycles. The number of aliphatic hydroxyl groups excluding tert-OH is 1. The average molecular weight is 517 g/mol. The summed E-state index contributed by atoms with van der Waals surface area (Å²) < 4.78 is 7.36. The summed E-state index contributed by atoms with van der Waals surface area (Å²) >= 11 is 0. The highest BCUT2D eigenvalue weighted by Gasteiger charge is 2.62. The van der Waals surface area contributed by atoms with Gasteiger partial charge < -0.3 is 9.53 Å². The Labute approximate surface area is 225 Å². The topological polar surface area (TPSA) is 29.5 Å². The summed E-state index contributed by atoms with van der Waals surface area (Å²) in [6.07, 6.45) is 15.4. The first-order valence-electron chi connectivity index (χ1n) is 15.7.